The predicted octanol–water partition coefficient (Wildman–Crippen LogP) is 3.01. The molecule has 0 aliphatic heterocycles. The lowest BCUT2D eigenvalue weighted by Crippen LogP contribution is -2.03. The van der Waals surface area contributed by atoms with Crippen LogP contribution in [0.4, 0.5) is 8.78 Å². The number of hydrogen-bond donors (Lipinski definition) is 1. The summed E-state index contributed by atoms with van der Waals surface area (Å²) in [5.74, 6) is -1.26. The highest BCUT2D eigenvalue weighted by molar-refractivity contribution is 7.09. The van der Waals surface area contributed by atoms with Gasteiger partial charge in [0.25, 0.3) is 0 Å². The van der Waals surface area contributed by atoms with Gasteiger partial charge in [-0.3, -0.25) is 0 Å². The summed E-state index contributed by atoms with van der Waals surface area (Å²) >= 11 is 1.33. The monoisotopic (exact) mass is 255 g/mol. The van der Waals surface area contributed by atoms with Crippen molar-refractivity contribution in [2.45, 2.75) is 19.4 Å². The van der Waals surface area contributed by atoms with Crippen LogP contribution in [0.25, 0.3) is 0 Å². The molecule has 0 aliphatic rings. The van der Waals surface area contributed by atoms with Crippen LogP contribution in [-0.2, 0) is 6.42 Å². The molecule has 1 N–H and O–H groups in total. The van der Waals surface area contributed by atoms with Crippen molar-refractivity contribution in [2.75, 3.05) is 0 Å². The largest absolute Gasteiger partial charge is 0.386 e. The highest BCUT2D eigenvalue weighted by Gasteiger charge is 2.14. The Kier molecular flexibility index (Phi) is 3.49. The molecule has 1 atom stereocenters. The van der Waals surface area contributed by atoms with E-state index in [1.807, 2.05) is 12.3 Å². The van der Waals surface area contributed by atoms with Gasteiger partial charge in [0.1, 0.15) is 22.7 Å². The fourth-order valence-electron chi connectivity index (χ4n) is 1.51. The van der Waals surface area contributed by atoms with Crippen LogP contribution >= 0.6 is 11.3 Å². The molecule has 0 amide bonds. The third kappa shape index (κ3) is 2.87. The Hall–Kier alpha value is -1.33. The molecule has 2 rings (SSSR count). The highest BCUT2D eigenvalue weighted by atomic mass is 32.1. The third-order valence-corrected chi connectivity index (χ3v) is 3.41. The zero-order valence-corrected chi connectivity index (χ0v) is 9.97. The van der Waals surface area contributed by atoms with E-state index in [0.717, 1.165) is 11.8 Å². The summed E-state index contributed by atoms with van der Waals surface area (Å²) in [6.45, 7) is 1.82. The lowest BCUT2D eigenvalue weighted by Gasteiger charge is -2.08. The first-order chi connectivity index (χ1) is 8.06. The van der Waals surface area contributed by atoms with Crippen molar-refractivity contribution >= 4 is 11.3 Å². The van der Waals surface area contributed by atoms with Gasteiger partial charge < -0.3 is 5.11 Å². The van der Waals surface area contributed by atoms with Crippen molar-refractivity contribution in [1.82, 2.24) is 4.98 Å². The lowest BCUT2D eigenvalue weighted by atomic mass is 10.1. The minimum absolute atomic E-state index is 0.0963. The molecule has 1 aromatic carbocycles. The number of aryl methyl sites for hydroxylation is 1. The van der Waals surface area contributed by atoms with E-state index in [0.29, 0.717) is 5.01 Å². The van der Waals surface area contributed by atoms with Gasteiger partial charge in [-0.2, -0.15) is 0 Å². The second-order valence-corrected chi connectivity index (χ2v) is 4.67. The van der Waals surface area contributed by atoms with Crippen LogP contribution in [0.1, 0.15) is 22.4 Å². The van der Waals surface area contributed by atoms with Crippen LogP contribution in [0.2, 0.25) is 0 Å². The van der Waals surface area contributed by atoms with Gasteiger partial charge in [-0.1, -0.05) is 6.07 Å². The average molecular weight is 255 g/mol. The number of benzene rings is 1. The molecule has 0 saturated carbocycles. The molecule has 0 spiro atoms. The van der Waals surface area contributed by atoms with Gasteiger partial charge in [-0.05, 0) is 18.6 Å². The van der Waals surface area contributed by atoms with E-state index < -0.39 is 17.7 Å². The molecule has 1 heterocycles. The maximum atomic E-state index is 13.4. The molecule has 0 bridgehead atoms. The fourth-order valence-corrected chi connectivity index (χ4v) is 2.29. The molecule has 1 unspecified atom stereocenters. The van der Waals surface area contributed by atoms with Crippen LogP contribution < -0.4 is 0 Å². The smallest absolute Gasteiger partial charge is 0.129 e. The minimum Gasteiger partial charge on any atom is -0.386 e. The topological polar surface area (TPSA) is 33.1 Å². The number of hydrogen-bond acceptors (Lipinski definition) is 3. The normalized spacial score (nSPS) is 12.7. The molecule has 1 aromatic heterocycles. The first-order valence-electron chi connectivity index (χ1n) is 5.10. The number of halogens is 2. The van der Waals surface area contributed by atoms with E-state index >= 15 is 0 Å². The van der Waals surface area contributed by atoms with Gasteiger partial charge >= 0.3 is 0 Å². The second kappa shape index (κ2) is 4.89. The van der Waals surface area contributed by atoms with Crippen molar-refractivity contribution < 1.29 is 13.9 Å². The Bertz CT molecular complexity index is 527. The lowest BCUT2D eigenvalue weighted by molar-refractivity contribution is 0.176. The number of aliphatic hydroxyl groups excluding tert-OH is 1. The van der Waals surface area contributed by atoms with Gasteiger partial charge in [0.05, 0.1) is 0 Å². The maximum Gasteiger partial charge on any atom is 0.129 e. The molecule has 0 fully saturated rings. The number of rotatable bonds is 3. The summed E-state index contributed by atoms with van der Waals surface area (Å²) in [4.78, 5) is 4.13. The Morgan fingerprint density at radius 1 is 1.41 bits per heavy atom. The second-order valence-electron chi connectivity index (χ2n) is 3.78. The Morgan fingerprint density at radius 3 is 2.76 bits per heavy atom. The fraction of sp³-hybridized carbons (Fsp3) is 0.250. The first kappa shape index (κ1) is 12.1. The standard InChI is InChI=1S/C12H11F2NOS/c1-7-6-17-12(15-7)11(16)4-8-2-3-9(13)5-10(8)14/h2-3,5-6,11,16H,4H2,1H3. The molecular weight excluding hydrogens is 244 g/mol. The summed E-state index contributed by atoms with van der Waals surface area (Å²) in [5, 5.41) is 12.2. The Balaban J connectivity index is 2.15. The number of nitrogens with zero attached hydrogens (tertiary/aromatic N) is 1. The van der Waals surface area contributed by atoms with Crippen molar-refractivity contribution in [1.29, 1.82) is 0 Å². The van der Waals surface area contributed by atoms with Gasteiger partial charge in [0.15, 0.2) is 0 Å². The third-order valence-electron chi connectivity index (χ3n) is 2.35. The van der Waals surface area contributed by atoms with Crippen molar-refractivity contribution in [3.05, 3.63) is 51.5 Å². The van der Waals surface area contributed by atoms with Crippen LogP contribution in [0, 0.1) is 18.6 Å². The summed E-state index contributed by atoms with van der Waals surface area (Å²) < 4.78 is 26.1. The molecule has 0 saturated heterocycles. The molecule has 2 aromatic rings. The molecule has 0 aliphatic carbocycles. The predicted molar refractivity (Wildman–Crippen MR) is 61.9 cm³/mol. The SMILES string of the molecule is Cc1csc(C(O)Cc2ccc(F)cc2F)n1. The molecular formula is C12H11F2NOS. The van der Waals surface area contributed by atoms with E-state index in [9.17, 15) is 13.9 Å². The number of aromatic nitrogens is 1. The van der Waals surface area contributed by atoms with Crippen molar-refractivity contribution in [3.63, 3.8) is 0 Å². The Labute approximate surface area is 102 Å². The van der Waals surface area contributed by atoms with E-state index in [2.05, 4.69) is 4.98 Å². The van der Waals surface area contributed by atoms with E-state index in [1.165, 1.54) is 23.5 Å². The summed E-state index contributed by atoms with van der Waals surface area (Å²) in [6, 6.07) is 3.34. The number of thiazole rings is 1. The maximum absolute atomic E-state index is 13.4. The minimum atomic E-state index is -0.853. The van der Waals surface area contributed by atoms with Crippen LogP contribution in [0.5, 0.6) is 0 Å². The van der Waals surface area contributed by atoms with Gasteiger partial charge in [0.2, 0.25) is 0 Å². The zero-order valence-electron chi connectivity index (χ0n) is 9.15. The van der Waals surface area contributed by atoms with Crippen LogP contribution in [-0.4, -0.2) is 10.1 Å². The van der Waals surface area contributed by atoms with Crippen LogP contribution in [0.15, 0.2) is 23.6 Å². The van der Waals surface area contributed by atoms with Crippen molar-refractivity contribution in [2.24, 2.45) is 0 Å². The van der Waals surface area contributed by atoms with Gasteiger partial charge in [-0.25, -0.2) is 13.8 Å². The highest BCUT2D eigenvalue weighted by Crippen LogP contribution is 2.23. The average Bonchev–Trinajstić information content (AvgIpc) is 2.69. The van der Waals surface area contributed by atoms with E-state index in [4.69, 9.17) is 0 Å². The molecule has 17 heavy (non-hydrogen) atoms. The number of aliphatic hydroxyl groups is 1. The molecule has 0 radical (unpaired) electrons. The molecule has 5 heteroatoms. The molecule has 2 nitrogen and oxygen atoms in total. The zero-order chi connectivity index (χ0) is 12.4. The van der Waals surface area contributed by atoms with Crippen molar-refractivity contribution in [3.8, 4) is 0 Å². The quantitative estimate of drug-likeness (QED) is 0.914. The van der Waals surface area contributed by atoms with E-state index in [-0.39, 0.29) is 12.0 Å². The summed E-state index contributed by atoms with van der Waals surface area (Å²) in [6.07, 6.45) is -0.757. The Morgan fingerprint density at radius 2 is 2.18 bits per heavy atom. The van der Waals surface area contributed by atoms with Gasteiger partial charge in [0, 0.05) is 23.6 Å². The summed E-state index contributed by atoms with van der Waals surface area (Å²) in [7, 11) is 0. The van der Waals surface area contributed by atoms with E-state index in [1.54, 1.807) is 0 Å². The first-order valence-corrected chi connectivity index (χ1v) is 5.98. The van der Waals surface area contributed by atoms with Crippen LogP contribution in [0.3, 0.4) is 0 Å². The van der Waals surface area contributed by atoms with Gasteiger partial charge in [-0.15, -0.1) is 11.3 Å². The summed E-state index contributed by atoms with van der Waals surface area (Å²) in [5.41, 5.74) is 1.11. The molecule has 90 valence electrons.